The number of amides is 2. The first kappa shape index (κ1) is 22.7. The monoisotopic (exact) mass is 418 g/mol. The zero-order valence-electron chi connectivity index (χ0n) is 18.4. The lowest BCUT2D eigenvalue weighted by atomic mass is 9.78. The number of nitrogens with one attached hydrogen (secondary N) is 2. The number of hydrogen-bond donors (Lipinski definition) is 2. The van der Waals surface area contributed by atoms with E-state index in [1.165, 1.54) is 25.0 Å². The van der Waals surface area contributed by atoms with Crippen molar-refractivity contribution in [2.75, 3.05) is 38.0 Å². The molecular formula is C23H35FN4O2. The van der Waals surface area contributed by atoms with Gasteiger partial charge in [0, 0.05) is 37.9 Å². The van der Waals surface area contributed by atoms with Crippen LogP contribution in [0.15, 0.2) is 24.3 Å². The third-order valence-corrected chi connectivity index (χ3v) is 6.84. The lowest BCUT2D eigenvalue weighted by Crippen LogP contribution is -2.56. The molecule has 30 heavy (non-hydrogen) atoms. The second-order valence-corrected chi connectivity index (χ2v) is 8.93. The molecule has 0 spiro atoms. The van der Waals surface area contributed by atoms with Crippen molar-refractivity contribution in [3.8, 4) is 0 Å². The second-order valence-electron chi connectivity index (χ2n) is 8.93. The van der Waals surface area contributed by atoms with Crippen molar-refractivity contribution in [2.24, 2.45) is 11.8 Å². The number of anilines is 1. The maximum absolute atomic E-state index is 13.2. The average molecular weight is 419 g/mol. The molecule has 1 heterocycles. The number of halogens is 1. The highest BCUT2D eigenvalue weighted by Crippen LogP contribution is 2.29. The standard InChI is InChI=1S/C23H35FN4O2/c1-16-6-4-9-21(17(16)2)26-23(30)18(3)28-12-10-27(11-13-28)15-22(29)25-20-8-5-7-19(24)14-20/h5,7-8,14,16-18,21H,4,6,9-13,15H2,1-3H3,(H,25,29)(H,26,30)/t16-,17+,18+,21-/m0/s1. The van der Waals surface area contributed by atoms with Gasteiger partial charge in [-0.1, -0.05) is 32.8 Å². The molecule has 0 aromatic heterocycles. The summed E-state index contributed by atoms with van der Waals surface area (Å²) in [6.07, 6.45) is 3.50. The Hall–Kier alpha value is -1.99. The van der Waals surface area contributed by atoms with Crippen molar-refractivity contribution in [3.05, 3.63) is 30.1 Å². The molecule has 166 valence electrons. The maximum Gasteiger partial charge on any atom is 0.238 e. The van der Waals surface area contributed by atoms with Crippen molar-refractivity contribution < 1.29 is 14.0 Å². The minimum Gasteiger partial charge on any atom is -0.352 e. The minimum absolute atomic E-state index is 0.109. The van der Waals surface area contributed by atoms with Gasteiger partial charge in [0.25, 0.3) is 0 Å². The number of nitrogens with zero attached hydrogens (tertiary/aromatic N) is 2. The molecule has 2 aliphatic rings. The van der Waals surface area contributed by atoms with Crippen LogP contribution >= 0.6 is 0 Å². The molecule has 1 aromatic rings. The van der Waals surface area contributed by atoms with Gasteiger partial charge in [0.05, 0.1) is 12.6 Å². The van der Waals surface area contributed by atoms with Crippen molar-refractivity contribution in [3.63, 3.8) is 0 Å². The van der Waals surface area contributed by atoms with Gasteiger partial charge in [0.15, 0.2) is 0 Å². The van der Waals surface area contributed by atoms with Gasteiger partial charge in [-0.2, -0.15) is 0 Å². The Labute approximate surface area is 179 Å². The van der Waals surface area contributed by atoms with E-state index < -0.39 is 0 Å². The van der Waals surface area contributed by atoms with E-state index in [1.807, 2.05) is 6.92 Å². The summed E-state index contributed by atoms with van der Waals surface area (Å²) < 4.78 is 13.2. The molecule has 7 heteroatoms. The van der Waals surface area contributed by atoms with Crippen LogP contribution in [0, 0.1) is 17.7 Å². The van der Waals surface area contributed by atoms with E-state index in [-0.39, 0.29) is 36.3 Å². The van der Waals surface area contributed by atoms with Gasteiger partial charge in [0.2, 0.25) is 11.8 Å². The summed E-state index contributed by atoms with van der Waals surface area (Å²) in [5.41, 5.74) is 0.468. The molecule has 3 rings (SSSR count). The number of carbonyl (C=O) groups is 2. The van der Waals surface area contributed by atoms with Crippen LogP contribution in [0.1, 0.15) is 40.0 Å². The zero-order chi connectivity index (χ0) is 21.7. The van der Waals surface area contributed by atoms with E-state index in [4.69, 9.17) is 0 Å². The number of piperazine rings is 1. The minimum atomic E-state index is -0.370. The third kappa shape index (κ3) is 6.01. The Morgan fingerprint density at radius 1 is 1.17 bits per heavy atom. The summed E-state index contributed by atoms with van der Waals surface area (Å²) in [5, 5.41) is 6.02. The molecule has 0 bridgehead atoms. The van der Waals surface area contributed by atoms with Crippen molar-refractivity contribution in [2.45, 2.75) is 52.1 Å². The number of carbonyl (C=O) groups excluding carboxylic acids is 2. The Morgan fingerprint density at radius 3 is 2.60 bits per heavy atom. The van der Waals surface area contributed by atoms with Gasteiger partial charge in [0.1, 0.15) is 5.82 Å². The van der Waals surface area contributed by atoms with E-state index in [9.17, 15) is 14.0 Å². The van der Waals surface area contributed by atoms with Crippen LogP contribution in [0.4, 0.5) is 10.1 Å². The molecular weight excluding hydrogens is 383 g/mol. The van der Waals surface area contributed by atoms with Crippen molar-refractivity contribution in [1.29, 1.82) is 0 Å². The van der Waals surface area contributed by atoms with E-state index in [0.29, 0.717) is 17.5 Å². The van der Waals surface area contributed by atoms with Gasteiger partial charge < -0.3 is 10.6 Å². The molecule has 1 aliphatic heterocycles. The van der Waals surface area contributed by atoms with Crippen LogP contribution in [0.2, 0.25) is 0 Å². The van der Waals surface area contributed by atoms with Crippen LogP contribution in [0.3, 0.4) is 0 Å². The molecule has 0 radical (unpaired) electrons. The lowest BCUT2D eigenvalue weighted by molar-refractivity contribution is -0.128. The number of hydrogen-bond acceptors (Lipinski definition) is 4. The van der Waals surface area contributed by atoms with Gasteiger partial charge in [-0.05, 0) is 43.4 Å². The fourth-order valence-electron chi connectivity index (χ4n) is 4.53. The van der Waals surface area contributed by atoms with Gasteiger partial charge in [-0.25, -0.2) is 4.39 Å². The molecule has 4 atom stereocenters. The number of benzene rings is 1. The number of rotatable bonds is 6. The first-order valence-corrected chi connectivity index (χ1v) is 11.2. The summed E-state index contributed by atoms with van der Waals surface area (Å²) in [6, 6.07) is 6.01. The van der Waals surface area contributed by atoms with Crippen molar-refractivity contribution in [1.82, 2.24) is 15.1 Å². The highest BCUT2D eigenvalue weighted by Gasteiger charge is 2.31. The van der Waals surface area contributed by atoms with E-state index in [1.54, 1.807) is 12.1 Å². The summed E-state index contributed by atoms with van der Waals surface area (Å²) >= 11 is 0. The SMILES string of the molecule is C[C@H]1[C@@H](NC(=O)[C@@H](C)N2CCN(CC(=O)Nc3cccc(F)c3)CC2)CCC[C@@H]1C. The fourth-order valence-corrected chi connectivity index (χ4v) is 4.53. The normalized spacial score (nSPS) is 26.7. The molecule has 2 fully saturated rings. The Morgan fingerprint density at radius 2 is 1.90 bits per heavy atom. The molecule has 2 N–H and O–H groups in total. The predicted octanol–water partition coefficient (Wildman–Crippen LogP) is 2.71. The van der Waals surface area contributed by atoms with Crippen LogP contribution in [-0.2, 0) is 9.59 Å². The topological polar surface area (TPSA) is 64.7 Å². The Balaban J connectivity index is 1.42. The molecule has 2 amide bonds. The lowest BCUT2D eigenvalue weighted by Gasteiger charge is -2.39. The van der Waals surface area contributed by atoms with Crippen LogP contribution in [-0.4, -0.2) is 66.4 Å². The van der Waals surface area contributed by atoms with E-state index >= 15 is 0 Å². The molecule has 0 unspecified atom stereocenters. The summed E-state index contributed by atoms with van der Waals surface area (Å²) in [6.45, 7) is 9.71. The van der Waals surface area contributed by atoms with Crippen molar-refractivity contribution >= 4 is 17.5 Å². The van der Waals surface area contributed by atoms with Gasteiger partial charge in [-0.3, -0.25) is 19.4 Å². The van der Waals surface area contributed by atoms with E-state index in [0.717, 1.165) is 32.6 Å². The Kier molecular flexibility index (Phi) is 7.83. The van der Waals surface area contributed by atoms with Crippen LogP contribution in [0.25, 0.3) is 0 Å². The van der Waals surface area contributed by atoms with Crippen LogP contribution < -0.4 is 10.6 Å². The summed E-state index contributed by atoms with van der Waals surface area (Å²) in [7, 11) is 0. The third-order valence-electron chi connectivity index (χ3n) is 6.84. The molecule has 1 aliphatic carbocycles. The quantitative estimate of drug-likeness (QED) is 0.746. The molecule has 6 nitrogen and oxygen atoms in total. The summed E-state index contributed by atoms with van der Waals surface area (Å²) in [5.74, 6) is 0.758. The van der Waals surface area contributed by atoms with Gasteiger partial charge in [-0.15, -0.1) is 0 Å². The predicted molar refractivity (Wildman–Crippen MR) is 117 cm³/mol. The molecule has 1 aromatic carbocycles. The average Bonchev–Trinajstić information content (AvgIpc) is 2.71. The second kappa shape index (κ2) is 10.4. The van der Waals surface area contributed by atoms with Gasteiger partial charge >= 0.3 is 0 Å². The Bertz CT molecular complexity index is 736. The molecule has 1 saturated heterocycles. The fraction of sp³-hybridized carbons (Fsp3) is 0.652. The molecule has 1 saturated carbocycles. The first-order valence-electron chi connectivity index (χ1n) is 11.2. The first-order chi connectivity index (χ1) is 14.3. The zero-order valence-corrected chi connectivity index (χ0v) is 18.4. The highest BCUT2D eigenvalue weighted by molar-refractivity contribution is 5.92. The summed E-state index contributed by atoms with van der Waals surface area (Å²) in [4.78, 5) is 29.3. The van der Waals surface area contributed by atoms with E-state index in [2.05, 4.69) is 34.3 Å². The highest BCUT2D eigenvalue weighted by atomic mass is 19.1. The largest absolute Gasteiger partial charge is 0.352 e. The van der Waals surface area contributed by atoms with Crippen LogP contribution in [0.5, 0.6) is 0 Å². The smallest absolute Gasteiger partial charge is 0.238 e. The maximum atomic E-state index is 13.2.